The molecule has 0 aliphatic rings. The van der Waals surface area contributed by atoms with Gasteiger partial charge in [-0.15, -0.1) is 0 Å². The normalized spacial score (nSPS) is 14.7. The van der Waals surface area contributed by atoms with Crippen LogP contribution in [0.15, 0.2) is 29.3 Å². The molecule has 0 aromatic heterocycles. The summed E-state index contributed by atoms with van der Waals surface area (Å²) in [5.74, 6) is 0. The van der Waals surface area contributed by atoms with Crippen LogP contribution in [0.3, 0.4) is 0 Å². The largest absolute Gasteiger partial charge is 0.389 e. The monoisotopic (exact) mass is 139 g/mol. The Balaban J connectivity index is 3.78. The number of hydrogen-bond donors (Lipinski definition) is 1. The Kier molecular flexibility index (Phi) is 4.50. The molecule has 0 bridgehead atoms. The minimum Gasteiger partial charge on any atom is -0.389 e. The van der Waals surface area contributed by atoms with Crippen LogP contribution in [0, 0.1) is 0 Å². The van der Waals surface area contributed by atoms with Crippen molar-refractivity contribution in [2.75, 3.05) is 7.05 Å². The summed E-state index contributed by atoms with van der Waals surface area (Å²) in [5, 5.41) is 8.92. The number of rotatable bonds is 3. The van der Waals surface area contributed by atoms with E-state index in [2.05, 4.69) is 11.6 Å². The van der Waals surface area contributed by atoms with Gasteiger partial charge in [-0.25, -0.2) is 0 Å². The Morgan fingerprint density at radius 1 is 1.70 bits per heavy atom. The van der Waals surface area contributed by atoms with Crippen molar-refractivity contribution < 1.29 is 5.11 Å². The molecule has 2 nitrogen and oxygen atoms in total. The van der Waals surface area contributed by atoms with Crippen molar-refractivity contribution in [3.8, 4) is 0 Å². The zero-order chi connectivity index (χ0) is 7.98. The third kappa shape index (κ3) is 4.04. The van der Waals surface area contributed by atoms with E-state index >= 15 is 0 Å². The van der Waals surface area contributed by atoms with E-state index < -0.39 is 6.10 Å². The van der Waals surface area contributed by atoms with Crippen LogP contribution in [0.5, 0.6) is 0 Å². The van der Waals surface area contributed by atoms with E-state index in [1.165, 1.54) is 0 Å². The van der Waals surface area contributed by atoms with E-state index in [1.807, 2.05) is 0 Å². The van der Waals surface area contributed by atoms with Gasteiger partial charge in [-0.05, 0) is 18.6 Å². The van der Waals surface area contributed by atoms with Crippen LogP contribution in [0.25, 0.3) is 0 Å². The standard InChI is InChI=1S/C8H13NO/c1-7(8(2)10)5-4-6-9-3/h4-6,8,10H,1H2,2-3H3/b5-4-,9-6?. The lowest BCUT2D eigenvalue weighted by Gasteiger charge is -1.99. The van der Waals surface area contributed by atoms with Gasteiger partial charge in [-0.3, -0.25) is 4.99 Å². The SMILES string of the molecule is C=C(/C=C\C=NC)C(C)O. The van der Waals surface area contributed by atoms with Crippen molar-refractivity contribution in [3.63, 3.8) is 0 Å². The number of aliphatic hydroxyl groups excluding tert-OH is 1. The highest BCUT2D eigenvalue weighted by Crippen LogP contribution is 1.98. The first-order valence-corrected chi connectivity index (χ1v) is 3.14. The third-order valence-corrected chi connectivity index (χ3v) is 1.08. The van der Waals surface area contributed by atoms with Gasteiger partial charge in [0.25, 0.3) is 0 Å². The second kappa shape index (κ2) is 4.94. The molecule has 0 rings (SSSR count). The van der Waals surface area contributed by atoms with Crippen molar-refractivity contribution in [2.24, 2.45) is 4.99 Å². The molecular formula is C8H13NO. The summed E-state index contributed by atoms with van der Waals surface area (Å²) in [6.45, 7) is 5.30. The quantitative estimate of drug-likeness (QED) is 0.462. The van der Waals surface area contributed by atoms with E-state index in [0.717, 1.165) is 0 Å². The van der Waals surface area contributed by atoms with Gasteiger partial charge in [0.15, 0.2) is 0 Å². The van der Waals surface area contributed by atoms with E-state index in [1.54, 1.807) is 32.3 Å². The zero-order valence-electron chi connectivity index (χ0n) is 6.41. The van der Waals surface area contributed by atoms with Crippen molar-refractivity contribution >= 4 is 6.21 Å². The minimum atomic E-state index is -0.471. The fraction of sp³-hybridized carbons (Fsp3) is 0.375. The molecule has 0 heterocycles. The Morgan fingerprint density at radius 3 is 2.70 bits per heavy atom. The van der Waals surface area contributed by atoms with Gasteiger partial charge in [-0.2, -0.15) is 0 Å². The molecule has 2 heteroatoms. The number of allylic oxidation sites excluding steroid dienone is 1. The number of nitrogens with zero attached hydrogens (tertiary/aromatic N) is 1. The average molecular weight is 139 g/mol. The maximum absolute atomic E-state index is 8.92. The molecule has 56 valence electrons. The molecule has 0 radical (unpaired) electrons. The van der Waals surface area contributed by atoms with Gasteiger partial charge in [0.1, 0.15) is 0 Å². The predicted octanol–water partition coefficient (Wildman–Crippen LogP) is 1.18. The highest BCUT2D eigenvalue weighted by atomic mass is 16.3. The topological polar surface area (TPSA) is 32.6 Å². The van der Waals surface area contributed by atoms with Gasteiger partial charge >= 0.3 is 0 Å². The zero-order valence-corrected chi connectivity index (χ0v) is 6.41. The smallest absolute Gasteiger partial charge is 0.0756 e. The van der Waals surface area contributed by atoms with Crippen molar-refractivity contribution in [3.05, 3.63) is 24.3 Å². The Hall–Kier alpha value is -0.890. The summed E-state index contributed by atoms with van der Waals surface area (Å²) >= 11 is 0. The summed E-state index contributed by atoms with van der Waals surface area (Å²) < 4.78 is 0. The van der Waals surface area contributed by atoms with Gasteiger partial charge in [-0.1, -0.05) is 12.7 Å². The maximum atomic E-state index is 8.92. The first kappa shape index (κ1) is 9.11. The van der Waals surface area contributed by atoms with Crippen molar-refractivity contribution in [1.29, 1.82) is 0 Å². The Labute approximate surface area is 61.6 Å². The molecule has 0 aromatic carbocycles. The lowest BCUT2D eigenvalue weighted by Crippen LogP contribution is -1.99. The summed E-state index contributed by atoms with van der Waals surface area (Å²) in [4.78, 5) is 3.73. The molecule has 1 atom stereocenters. The summed E-state index contributed by atoms with van der Waals surface area (Å²) in [6.07, 6.45) is 4.65. The van der Waals surface area contributed by atoms with Crippen LogP contribution < -0.4 is 0 Å². The van der Waals surface area contributed by atoms with Crippen LogP contribution in [0.4, 0.5) is 0 Å². The number of hydrogen-bond acceptors (Lipinski definition) is 2. The molecule has 0 saturated carbocycles. The van der Waals surface area contributed by atoms with E-state index in [9.17, 15) is 0 Å². The van der Waals surface area contributed by atoms with Crippen LogP contribution in [-0.2, 0) is 0 Å². The molecule has 0 saturated heterocycles. The molecule has 0 aromatic rings. The van der Waals surface area contributed by atoms with E-state index in [0.29, 0.717) is 5.57 Å². The lowest BCUT2D eigenvalue weighted by molar-refractivity contribution is 0.236. The first-order chi connectivity index (χ1) is 4.68. The summed E-state index contributed by atoms with van der Waals surface area (Å²) in [6, 6.07) is 0. The van der Waals surface area contributed by atoms with Crippen LogP contribution >= 0.6 is 0 Å². The highest BCUT2D eigenvalue weighted by Gasteiger charge is 1.93. The molecule has 0 aliphatic carbocycles. The minimum absolute atomic E-state index is 0.471. The summed E-state index contributed by atoms with van der Waals surface area (Å²) in [7, 11) is 1.69. The first-order valence-electron chi connectivity index (χ1n) is 3.14. The second-order valence-electron chi connectivity index (χ2n) is 2.02. The molecule has 0 aliphatic heterocycles. The molecular weight excluding hydrogens is 126 g/mol. The van der Waals surface area contributed by atoms with Gasteiger partial charge in [0.2, 0.25) is 0 Å². The van der Waals surface area contributed by atoms with Crippen LogP contribution in [0.1, 0.15) is 6.92 Å². The highest BCUT2D eigenvalue weighted by molar-refractivity contribution is 5.71. The predicted molar refractivity (Wildman–Crippen MR) is 44.4 cm³/mol. The van der Waals surface area contributed by atoms with E-state index in [4.69, 9.17) is 5.11 Å². The Morgan fingerprint density at radius 2 is 2.30 bits per heavy atom. The Bertz CT molecular complexity index is 157. The van der Waals surface area contributed by atoms with Crippen molar-refractivity contribution in [1.82, 2.24) is 0 Å². The summed E-state index contributed by atoms with van der Waals surface area (Å²) in [5.41, 5.74) is 0.694. The molecule has 0 spiro atoms. The third-order valence-electron chi connectivity index (χ3n) is 1.08. The second-order valence-corrected chi connectivity index (χ2v) is 2.02. The van der Waals surface area contributed by atoms with E-state index in [-0.39, 0.29) is 0 Å². The molecule has 1 N–H and O–H groups in total. The fourth-order valence-electron chi connectivity index (χ4n) is 0.392. The van der Waals surface area contributed by atoms with Gasteiger partial charge < -0.3 is 5.11 Å². The maximum Gasteiger partial charge on any atom is 0.0756 e. The number of aliphatic imine (C=N–C) groups is 1. The average Bonchev–Trinajstić information content (AvgIpc) is 1.88. The molecule has 10 heavy (non-hydrogen) atoms. The van der Waals surface area contributed by atoms with Crippen LogP contribution in [-0.4, -0.2) is 24.5 Å². The van der Waals surface area contributed by atoms with Crippen molar-refractivity contribution in [2.45, 2.75) is 13.0 Å². The van der Waals surface area contributed by atoms with Gasteiger partial charge in [0.05, 0.1) is 6.10 Å². The fourth-order valence-corrected chi connectivity index (χ4v) is 0.392. The number of aliphatic hydroxyl groups is 1. The van der Waals surface area contributed by atoms with Gasteiger partial charge in [0, 0.05) is 13.3 Å². The van der Waals surface area contributed by atoms with Crippen LogP contribution in [0.2, 0.25) is 0 Å². The molecule has 0 amide bonds. The molecule has 0 fully saturated rings. The lowest BCUT2D eigenvalue weighted by atomic mass is 10.2. The molecule has 1 unspecified atom stereocenters.